The minimum Gasteiger partial charge on any atom is -0.368 e. The first kappa shape index (κ1) is 20.1. The molecule has 29 heavy (non-hydrogen) atoms. The molecule has 2 atom stereocenters. The van der Waals surface area contributed by atoms with Gasteiger partial charge in [0.15, 0.2) is 0 Å². The summed E-state index contributed by atoms with van der Waals surface area (Å²) < 4.78 is 39.2. The molecule has 0 bridgehead atoms. The van der Waals surface area contributed by atoms with Crippen molar-refractivity contribution in [2.75, 3.05) is 31.1 Å². The molecule has 2 aliphatic rings. The molecule has 7 heteroatoms. The molecule has 1 aliphatic carbocycles. The number of halogens is 3. The zero-order valence-corrected chi connectivity index (χ0v) is 17.0. The lowest BCUT2D eigenvalue weighted by Gasteiger charge is -2.37. The average molecular weight is 421 g/mol. The van der Waals surface area contributed by atoms with Gasteiger partial charge in [-0.15, -0.1) is 12.6 Å². The summed E-state index contributed by atoms with van der Waals surface area (Å²) in [4.78, 5) is 17.6. The van der Waals surface area contributed by atoms with Gasteiger partial charge in [-0.05, 0) is 54.7 Å². The molecular weight excluding hydrogens is 397 g/mol. The van der Waals surface area contributed by atoms with Crippen LogP contribution in [0.4, 0.5) is 18.9 Å². The Kier molecular flexibility index (Phi) is 5.27. The molecule has 1 heterocycles. The van der Waals surface area contributed by atoms with Crippen LogP contribution in [0.2, 0.25) is 0 Å². The number of aryl methyl sites for hydroxylation is 1. The third kappa shape index (κ3) is 4.25. The highest BCUT2D eigenvalue weighted by atomic mass is 32.1. The van der Waals surface area contributed by atoms with Crippen LogP contribution in [-0.4, -0.2) is 37.0 Å². The molecule has 1 unspecified atom stereocenters. The Hall–Kier alpha value is -2.15. The lowest BCUT2D eigenvalue weighted by molar-refractivity contribution is -0.137. The van der Waals surface area contributed by atoms with E-state index in [4.69, 9.17) is 0 Å². The zero-order valence-electron chi connectivity index (χ0n) is 16.1. The van der Waals surface area contributed by atoms with Crippen molar-refractivity contribution in [3.05, 3.63) is 59.2 Å². The smallest absolute Gasteiger partial charge is 0.368 e. The molecule has 3 nitrogen and oxygen atoms in total. The van der Waals surface area contributed by atoms with E-state index >= 15 is 0 Å². The fraction of sp³-hybridized carbons (Fsp3) is 0.409. The van der Waals surface area contributed by atoms with E-state index < -0.39 is 11.7 Å². The SMILES string of the molecule is Cc1ccc(C(F)(F)F)cc1N1CCN(C(=O)[C@H]2CC2c2ccc(S)cc2)CC1. The molecule has 0 spiro atoms. The number of anilines is 1. The number of carbonyl (C=O) groups is 1. The van der Waals surface area contributed by atoms with Gasteiger partial charge in [-0.1, -0.05) is 18.2 Å². The largest absolute Gasteiger partial charge is 0.416 e. The first-order valence-electron chi connectivity index (χ1n) is 9.74. The highest BCUT2D eigenvalue weighted by Crippen LogP contribution is 2.48. The van der Waals surface area contributed by atoms with E-state index in [1.165, 1.54) is 17.7 Å². The Morgan fingerprint density at radius 1 is 1.03 bits per heavy atom. The second-order valence-corrected chi connectivity index (χ2v) is 8.37. The van der Waals surface area contributed by atoms with Gasteiger partial charge in [-0.3, -0.25) is 4.79 Å². The van der Waals surface area contributed by atoms with Gasteiger partial charge in [0.2, 0.25) is 5.91 Å². The van der Waals surface area contributed by atoms with Gasteiger partial charge in [0.05, 0.1) is 5.56 Å². The summed E-state index contributed by atoms with van der Waals surface area (Å²) in [5, 5.41) is 0. The van der Waals surface area contributed by atoms with E-state index in [0.717, 1.165) is 22.9 Å². The van der Waals surface area contributed by atoms with Crippen molar-refractivity contribution in [3.8, 4) is 0 Å². The molecule has 4 rings (SSSR count). The van der Waals surface area contributed by atoms with Crippen molar-refractivity contribution in [1.29, 1.82) is 0 Å². The Balaban J connectivity index is 1.38. The summed E-state index contributed by atoms with van der Waals surface area (Å²) in [6, 6.07) is 11.8. The molecular formula is C22H23F3N2OS. The van der Waals surface area contributed by atoms with Gasteiger partial charge < -0.3 is 9.80 Å². The van der Waals surface area contributed by atoms with Gasteiger partial charge >= 0.3 is 6.18 Å². The van der Waals surface area contributed by atoms with Crippen LogP contribution in [0, 0.1) is 12.8 Å². The maximum atomic E-state index is 13.1. The highest BCUT2D eigenvalue weighted by Gasteiger charge is 2.46. The summed E-state index contributed by atoms with van der Waals surface area (Å²) >= 11 is 4.29. The summed E-state index contributed by atoms with van der Waals surface area (Å²) in [6.45, 7) is 3.97. The molecule has 2 fully saturated rings. The summed E-state index contributed by atoms with van der Waals surface area (Å²) in [6.07, 6.45) is -3.50. The van der Waals surface area contributed by atoms with Gasteiger partial charge in [0.1, 0.15) is 0 Å². The fourth-order valence-electron chi connectivity index (χ4n) is 4.09. The predicted octanol–water partition coefficient (Wildman–Crippen LogP) is 4.75. The molecule has 1 saturated heterocycles. The van der Waals surface area contributed by atoms with Crippen LogP contribution in [0.3, 0.4) is 0 Å². The number of thiol groups is 1. The normalized spacial score (nSPS) is 22.0. The van der Waals surface area contributed by atoms with E-state index in [-0.39, 0.29) is 17.7 Å². The zero-order chi connectivity index (χ0) is 20.8. The van der Waals surface area contributed by atoms with Crippen molar-refractivity contribution in [2.24, 2.45) is 5.92 Å². The number of amides is 1. The van der Waals surface area contributed by atoms with Crippen LogP contribution < -0.4 is 4.90 Å². The summed E-state index contributed by atoms with van der Waals surface area (Å²) in [7, 11) is 0. The van der Waals surface area contributed by atoms with Crippen molar-refractivity contribution < 1.29 is 18.0 Å². The third-order valence-corrected chi connectivity index (χ3v) is 6.20. The molecule has 1 aliphatic heterocycles. The number of piperazine rings is 1. The molecule has 154 valence electrons. The van der Waals surface area contributed by atoms with E-state index in [2.05, 4.69) is 12.6 Å². The number of rotatable bonds is 3. The number of benzene rings is 2. The van der Waals surface area contributed by atoms with Crippen LogP contribution in [0.1, 0.15) is 29.0 Å². The Bertz CT molecular complexity index is 905. The third-order valence-electron chi connectivity index (χ3n) is 5.90. The lowest BCUT2D eigenvalue weighted by Crippen LogP contribution is -2.49. The second-order valence-electron chi connectivity index (χ2n) is 7.85. The lowest BCUT2D eigenvalue weighted by atomic mass is 10.1. The van der Waals surface area contributed by atoms with Crippen molar-refractivity contribution >= 4 is 24.2 Å². The molecule has 2 aromatic carbocycles. The van der Waals surface area contributed by atoms with Crippen LogP contribution in [0.25, 0.3) is 0 Å². The summed E-state index contributed by atoms with van der Waals surface area (Å²) in [5.74, 6) is 0.438. The fourth-order valence-corrected chi connectivity index (χ4v) is 4.24. The van der Waals surface area contributed by atoms with Gasteiger partial charge in [-0.2, -0.15) is 13.2 Å². The van der Waals surface area contributed by atoms with Crippen LogP contribution in [-0.2, 0) is 11.0 Å². The van der Waals surface area contributed by atoms with Gasteiger partial charge in [0, 0.05) is 42.7 Å². The van der Waals surface area contributed by atoms with Gasteiger partial charge in [-0.25, -0.2) is 0 Å². The standard InChI is InChI=1S/C22H23F3N2OS/c1-14-2-5-16(22(23,24)25)12-20(14)26-8-10-27(11-9-26)21(28)19-13-18(19)15-3-6-17(29)7-4-15/h2-7,12,18-19,29H,8-11,13H2,1H3/t18?,19-/m0/s1. The molecule has 2 aromatic rings. The van der Waals surface area contributed by atoms with E-state index in [9.17, 15) is 18.0 Å². The van der Waals surface area contributed by atoms with E-state index in [1.54, 1.807) is 0 Å². The topological polar surface area (TPSA) is 23.6 Å². The average Bonchev–Trinajstić information content (AvgIpc) is 3.48. The maximum absolute atomic E-state index is 13.1. The number of carbonyl (C=O) groups excluding carboxylic acids is 1. The Morgan fingerprint density at radius 3 is 2.31 bits per heavy atom. The van der Waals surface area contributed by atoms with Crippen LogP contribution in [0.15, 0.2) is 47.4 Å². The first-order valence-corrected chi connectivity index (χ1v) is 10.2. The van der Waals surface area contributed by atoms with E-state index in [0.29, 0.717) is 31.9 Å². The number of alkyl halides is 3. The molecule has 1 saturated carbocycles. The van der Waals surface area contributed by atoms with Crippen molar-refractivity contribution in [1.82, 2.24) is 4.90 Å². The maximum Gasteiger partial charge on any atom is 0.416 e. The molecule has 1 amide bonds. The van der Waals surface area contributed by atoms with Crippen molar-refractivity contribution in [3.63, 3.8) is 0 Å². The number of hydrogen-bond acceptors (Lipinski definition) is 3. The molecule has 0 N–H and O–H groups in total. The second kappa shape index (κ2) is 7.59. The highest BCUT2D eigenvalue weighted by molar-refractivity contribution is 7.80. The molecule has 0 radical (unpaired) electrons. The quantitative estimate of drug-likeness (QED) is 0.724. The predicted molar refractivity (Wildman–Crippen MR) is 110 cm³/mol. The number of nitrogens with zero attached hydrogens (tertiary/aromatic N) is 2. The first-order chi connectivity index (χ1) is 13.7. The monoisotopic (exact) mass is 420 g/mol. The van der Waals surface area contributed by atoms with Crippen LogP contribution in [0.5, 0.6) is 0 Å². The minimum atomic E-state index is -4.35. The number of hydrogen-bond donors (Lipinski definition) is 1. The Labute approximate surface area is 173 Å². The van der Waals surface area contributed by atoms with Crippen LogP contribution >= 0.6 is 12.6 Å². The minimum absolute atomic E-state index is 0.0163. The van der Waals surface area contributed by atoms with Gasteiger partial charge in [0.25, 0.3) is 0 Å². The molecule has 0 aromatic heterocycles. The summed E-state index contributed by atoms with van der Waals surface area (Å²) in [5.41, 5.74) is 1.94. The Morgan fingerprint density at radius 2 is 1.69 bits per heavy atom. The van der Waals surface area contributed by atoms with E-state index in [1.807, 2.05) is 41.0 Å². The van der Waals surface area contributed by atoms with Crippen molar-refractivity contribution in [2.45, 2.75) is 30.3 Å².